The summed E-state index contributed by atoms with van der Waals surface area (Å²) in [7, 11) is 0. The van der Waals surface area contributed by atoms with Gasteiger partial charge in [0.1, 0.15) is 11.9 Å². The van der Waals surface area contributed by atoms with E-state index in [2.05, 4.69) is 34.1 Å². The van der Waals surface area contributed by atoms with Gasteiger partial charge in [-0.3, -0.25) is 4.90 Å². The lowest BCUT2D eigenvalue weighted by Crippen LogP contribution is -2.51. The van der Waals surface area contributed by atoms with E-state index in [4.69, 9.17) is 19.6 Å². The highest BCUT2D eigenvalue weighted by atomic mass is 16.5. The topological polar surface area (TPSA) is 90.8 Å². The SMILES string of the molecule is CCOC(=O)c1ncoc1-c1ccc(O[C@H]2c3ccccc3CC[C@@H]2N2CCC[C@H](N)C2)cc1. The van der Waals surface area contributed by atoms with Crippen LogP contribution in [0.5, 0.6) is 5.75 Å². The Labute approximate surface area is 199 Å². The molecule has 1 fully saturated rings. The van der Waals surface area contributed by atoms with Crippen LogP contribution in [0.2, 0.25) is 0 Å². The van der Waals surface area contributed by atoms with Crippen molar-refractivity contribution >= 4 is 5.97 Å². The number of ether oxygens (including phenoxy) is 2. The summed E-state index contributed by atoms with van der Waals surface area (Å²) in [6.45, 7) is 4.01. The number of esters is 1. The lowest BCUT2D eigenvalue weighted by Gasteiger charge is -2.43. The van der Waals surface area contributed by atoms with Gasteiger partial charge in [0.15, 0.2) is 17.8 Å². The first kappa shape index (κ1) is 22.6. The van der Waals surface area contributed by atoms with Crippen LogP contribution in [0.4, 0.5) is 0 Å². The number of likely N-dealkylation sites (tertiary alicyclic amines) is 1. The van der Waals surface area contributed by atoms with E-state index < -0.39 is 5.97 Å². The maximum Gasteiger partial charge on any atom is 0.360 e. The number of fused-ring (bicyclic) bond motifs is 1. The molecular formula is C27H31N3O4. The van der Waals surface area contributed by atoms with Crippen molar-refractivity contribution in [2.24, 2.45) is 5.73 Å². The zero-order valence-electron chi connectivity index (χ0n) is 19.5. The van der Waals surface area contributed by atoms with Gasteiger partial charge in [0.2, 0.25) is 0 Å². The zero-order chi connectivity index (χ0) is 23.5. The third-order valence-electron chi connectivity index (χ3n) is 6.79. The van der Waals surface area contributed by atoms with Crippen molar-refractivity contribution in [3.05, 3.63) is 71.7 Å². The second-order valence-corrected chi connectivity index (χ2v) is 9.02. The molecule has 1 aliphatic carbocycles. The highest BCUT2D eigenvalue weighted by molar-refractivity contribution is 5.93. The number of nitrogens with two attached hydrogens (primary N) is 1. The number of hydrogen-bond acceptors (Lipinski definition) is 7. The Hall–Kier alpha value is -3.16. The fraction of sp³-hybridized carbons (Fsp3) is 0.407. The molecule has 7 nitrogen and oxygen atoms in total. The highest BCUT2D eigenvalue weighted by Crippen LogP contribution is 2.38. The van der Waals surface area contributed by atoms with Gasteiger partial charge in [-0.25, -0.2) is 9.78 Å². The van der Waals surface area contributed by atoms with Gasteiger partial charge in [-0.05, 0) is 74.5 Å². The van der Waals surface area contributed by atoms with Crippen LogP contribution >= 0.6 is 0 Å². The van der Waals surface area contributed by atoms with Crippen molar-refractivity contribution in [1.82, 2.24) is 9.88 Å². The summed E-state index contributed by atoms with van der Waals surface area (Å²) in [4.78, 5) is 18.7. The summed E-state index contributed by atoms with van der Waals surface area (Å²) in [6.07, 6.45) is 5.50. The largest absolute Gasteiger partial charge is 0.484 e. The van der Waals surface area contributed by atoms with E-state index in [9.17, 15) is 4.79 Å². The van der Waals surface area contributed by atoms with E-state index >= 15 is 0 Å². The predicted octanol–water partition coefficient (Wildman–Crippen LogP) is 4.38. The Kier molecular flexibility index (Phi) is 6.65. The Morgan fingerprint density at radius 1 is 1.18 bits per heavy atom. The monoisotopic (exact) mass is 461 g/mol. The summed E-state index contributed by atoms with van der Waals surface area (Å²) in [6, 6.07) is 16.7. The molecule has 0 radical (unpaired) electrons. The van der Waals surface area contributed by atoms with Crippen LogP contribution in [-0.4, -0.2) is 47.6 Å². The molecule has 1 saturated heterocycles. The number of oxazole rings is 1. The van der Waals surface area contributed by atoms with Gasteiger partial charge in [-0.15, -0.1) is 0 Å². The summed E-state index contributed by atoms with van der Waals surface area (Å²) in [5, 5.41) is 0. The molecule has 5 rings (SSSR count). The molecule has 2 aliphatic rings. The maximum atomic E-state index is 12.2. The molecule has 7 heteroatoms. The van der Waals surface area contributed by atoms with Crippen LogP contribution in [0.3, 0.4) is 0 Å². The Morgan fingerprint density at radius 2 is 2.00 bits per heavy atom. The minimum atomic E-state index is -0.493. The second kappa shape index (κ2) is 9.99. The number of hydrogen-bond donors (Lipinski definition) is 1. The molecule has 0 unspecified atom stereocenters. The quantitative estimate of drug-likeness (QED) is 0.545. The van der Waals surface area contributed by atoms with Gasteiger partial charge in [0, 0.05) is 18.2 Å². The molecule has 1 aliphatic heterocycles. The van der Waals surface area contributed by atoms with Crippen LogP contribution in [0.15, 0.2) is 59.3 Å². The van der Waals surface area contributed by atoms with Crippen molar-refractivity contribution in [3.63, 3.8) is 0 Å². The number of benzene rings is 2. The van der Waals surface area contributed by atoms with Gasteiger partial charge >= 0.3 is 5.97 Å². The van der Waals surface area contributed by atoms with E-state index in [-0.39, 0.29) is 30.5 Å². The lowest BCUT2D eigenvalue weighted by atomic mass is 9.84. The fourth-order valence-electron chi connectivity index (χ4n) is 5.19. The molecule has 2 aromatic carbocycles. The second-order valence-electron chi connectivity index (χ2n) is 9.02. The van der Waals surface area contributed by atoms with Crippen molar-refractivity contribution in [1.29, 1.82) is 0 Å². The van der Waals surface area contributed by atoms with E-state index in [1.54, 1.807) is 6.92 Å². The molecule has 0 spiro atoms. The summed E-state index contributed by atoms with van der Waals surface area (Å²) in [5.74, 6) is 0.676. The molecule has 2 heterocycles. The normalized spacial score (nSPS) is 22.7. The number of nitrogens with zero attached hydrogens (tertiary/aromatic N) is 2. The number of carbonyl (C=O) groups excluding carboxylic acids is 1. The molecular weight excluding hydrogens is 430 g/mol. The van der Waals surface area contributed by atoms with Crippen LogP contribution in [0, 0.1) is 0 Å². The number of piperidine rings is 1. The zero-order valence-corrected chi connectivity index (χ0v) is 19.5. The van der Waals surface area contributed by atoms with Crippen LogP contribution in [-0.2, 0) is 11.2 Å². The van der Waals surface area contributed by atoms with Crippen molar-refractivity contribution in [2.45, 2.75) is 50.8 Å². The standard InChI is InChI=1S/C27H31N3O4/c1-2-32-27(31)24-25(33-17-29-24)19-9-12-21(13-10-19)34-26-22-8-4-3-6-18(22)11-14-23(26)30-15-5-7-20(28)16-30/h3-4,6,8-10,12-13,17,20,23,26H,2,5,7,11,14-16,28H2,1H3/t20-,23-,26-/m0/s1. The van der Waals surface area contributed by atoms with Gasteiger partial charge in [-0.2, -0.15) is 0 Å². The average molecular weight is 462 g/mol. The summed E-state index contributed by atoms with van der Waals surface area (Å²) >= 11 is 0. The van der Waals surface area contributed by atoms with Crippen LogP contribution < -0.4 is 10.5 Å². The maximum absolute atomic E-state index is 12.2. The smallest absolute Gasteiger partial charge is 0.360 e. The Bertz CT molecular complexity index is 1130. The third-order valence-corrected chi connectivity index (χ3v) is 6.79. The summed E-state index contributed by atoms with van der Waals surface area (Å²) < 4.78 is 17.2. The van der Waals surface area contributed by atoms with E-state index in [0.717, 1.165) is 50.1 Å². The molecule has 3 atom stereocenters. The molecule has 1 aromatic heterocycles. The molecule has 178 valence electrons. The third kappa shape index (κ3) is 4.58. The number of rotatable bonds is 6. The fourth-order valence-corrected chi connectivity index (χ4v) is 5.19. The molecule has 3 aromatic rings. The first-order chi connectivity index (χ1) is 16.6. The predicted molar refractivity (Wildman–Crippen MR) is 129 cm³/mol. The summed E-state index contributed by atoms with van der Waals surface area (Å²) in [5.41, 5.74) is 9.84. The van der Waals surface area contributed by atoms with Crippen molar-refractivity contribution in [2.75, 3.05) is 19.7 Å². The first-order valence-corrected chi connectivity index (χ1v) is 12.1. The molecule has 2 N–H and O–H groups in total. The number of carbonyl (C=O) groups is 1. The van der Waals surface area contributed by atoms with Crippen LogP contribution in [0.25, 0.3) is 11.3 Å². The lowest BCUT2D eigenvalue weighted by molar-refractivity contribution is 0.0367. The minimum absolute atomic E-state index is 0.0681. The molecule has 0 amide bonds. The van der Waals surface area contributed by atoms with E-state index in [1.807, 2.05) is 24.3 Å². The van der Waals surface area contributed by atoms with Gasteiger partial charge in [-0.1, -0.05) is 24.3 Å². The van der Waals surface area contributed by atoms with E-state index in [1.165, 1.54) is 17.5 Å². The number of aromatic nitrogens is 1. The molecule has 34 heavy (non-hydrogen) atoms. The van der Waals surface area contributed by atoms with E-state index in [0.29, 0.717) is 5.76 Å². The van der Waals surface area contributed by atoms with Crippen molar-refractivity contribution in [3.8, 4) is 17.1 Å². The molecule has 0 bridgehead atoms. The van der Waals surface area contributed by atoms with Crippen molar-refractivity contribution < 1.29 is 18.7 Å². The van der Waals surface area contributed by atoms with Gasteiger partial charge < -0.3 is 19.6 Å². The van der Waals surface area contributed by atoms with Crippen LogP contribution in [0.1, 0.15) is 53.9 Å². The first-order valence-electron chi connectivity index (χ1n) is 12.1. The van der Waals surface area contributed by atoms with Gasteiger partial charge in [0.05, 0.1) is 12.6 Å². The Balaban J connectivity index is 1.40. The Morgan fingerprint density at radius 3 is 2.79 bits per heavy atom. The molecule has 0 saturated carbocycles. The number of aryl methyl sites for hydroxylation is 1. The highest BCUT2D eigenvalue weighted by Gasteiger charge is 2.36. The minimum Gasteiger partial charge on any atom is -0.484 e. The van der Waals surface area contributed by atoms with Gasteiger partial charge in [0.25, 0.3) is 0 Å². The average Bonchev–Trinajstić information content (AvgIpc) is 3.35.